The quantitative estimate of drug-likeness (QED) is 0.745. The first-order chi connectivity index (χ1) is 6.57. The maximum absolute atomic E-state index is 3.66. The van der Waals surface area contributed by atoms with Crippen molar-refractivity contribution in [3.8, 4) is 0 Å². The van der Waals surface area contributed by atoms with Crippen LogP contribution >= 0.6 is 0 Å². The van der Waals surface area contributed by atoms with Crippen molar-refractivity contribution in [2.24, 2.45) is 0 Å². The predicted molar refractivity (Wildman–Crippen MR) is 62.6 cm³/mol. The molecule has 1 aliphatic rings. The zero-order valence-electron chi connectivity index (χ0n) is 10.3. The first-order valence-electron chi connectivity index (χ1n) is 6.03. The Morgan fingerprint density at radius 1 is 1.43 bits per heavy atom. The third-order valence-corrected chi connectivity index (χ3v) is 3.65. The van der Waals surface area contributed by atoms with Crippen LogP contribution in [0.15, 0.2) is 0 Å². The van der Waals surface area contributed by atoms with Gasteiger partial charge in [-0.1, -0.05) is 13.3 Å². The average molecular weight is 198 g/mol. The highest BCUT2D eigenvalue weighted by atomic mass is 15.2. The molecule has 1 rings (SSSR count). The summed E-state index contributed by atoms with van der Waals surface area (Å²) in [7, 11) is 2.25. The summed E-state index contributed by atoms with van der Waals surface area (Å²) in [4.78, 5) is 2.48. The summed E-state index contributed by atoms with van der Waals surface area (Å²) >= 11 is 0. The third kappa shape index (κ3) is 3.25. The van der Waals surface area contributed by atoms with Crippen molar-refractivity contribution in [1.29, 1.82) is 0 Å². The first kappa shape index (κ1) is 12.0. The molecule has 2 nitrogen and oxygen atoms in total. The van der Waals surface area contributed by atoms with Gasteiger partial charge < -0.3 is 10.2 Å². The van der Waals surface area contributed by atoms with Crippen molar-refractivity contribution >= 4 is 0 Å². The van der Waals surface area contributed by atoms with Crippen LogP contribution in [0, 0.1) is 0 Å². The molecule has 2 heteroatoms. The maximum Gasteiger partial charge on any atom is 0.0280 e. The molecule has 0 spiro atoms. The van der Waals surface area contributed by atoms with Crippen molar-refractivity contribution < 1.29 is 0 Å². The van der Waals surface area contributed by atoms with Gasteiger partial charge in [-0.05, 0) is 46.7 Å². The van der Waals surface area contributed by atoms with Crippen molar-refractivity contribution in [2.75, 3.05) is 20.1 Å². The van der Waals surface area contributed by atoms with Crippen LogP contribution in [0.1, 0.15) is 46.5 Å². The number of nitrogens with one attached hydrogen (secondary N) is 1. The van der Waals surface area contributed by atoms with Gasteiger partial charge in [-0.3, -0.25) is 0 Å². The summed E-state index contributed by atoms with van der Waals surface area (Å²) in [6, 6.07) is 0.704. The van der Waals surface area contributed by atoms with Crippen molar-refractivity contribution in [3.05, 3.63) is 0 Å². The van der Waals surface area contributed by atoms with E-state index in [1.54, 1.807) is 0 Å². The first-order valence-corrected chi connectivity index (χ1v) is 6.03. The van der Waals surface area contributed by atoms with E-state index in [0.29, 0.717) is 11.6 Å². The summed E-state index contributed by atoms with van der Waals surface area (Å²) in [5, 5.41) is 3.66. The van der Waals surface area contributed by atoms with Gasteiger partial charge in [-0.25, -0.2) is 0 Å². The Labute approximate surface area is 89.1 Å². The van der Waals surface area contributed by atoms with Crippen molar-refractivity contribution in [1.82, 2.24) is 10.2 Å². The maximum atomic E-state index is 3.66. The van der Waals surface area contributed by atoms with E-state index in [1.807, 2.05) is 0 Å². The summed E-state index contributed by atoms with van der Waals surface area (Å²) < 4.78 is 0. The Balaban J connectivity index is 2.40. The molecule has 0 bridgehead atoms. The second-order valence-electron chi connectivity index (χ2n) is 5.12. The number of hydrogen-bond acceptors (Lipinski definition) is 2. The molecule has 0 saturated carbocycles. The van der Waals surface area contributed by atoms with Gasteiger partial charge in [0.2, 0.25) is 0 Å². The van der Waals surface area contributed by atoms with Gasteiger partial charge in [0.15, 0.2) is 0 Å². The van der Waals surface area contributed by atoms with E-state index in [0.717, 1.165) is 0 Å². The largest absolute Gasteiger partial charge is 0.310 e. The highest BCUT2D eigenvalue weighted by Crippen LogP contribution is 2.20. The molecule has 14 heavy (non-hydrogen) atoms. The zero-order chi connectivity index (χ0) is 10.6. The van der Waals surface area contributed by atoms with Gasteiger partial charge >= 0.3 is 0 Å². The fourth-order valence-corrected chi connectivity index (χ4v) is 2.27. The molecular formula is C12H26N2. The molecule has 2 unspecified atom stereocenters. The summed E-state index contributed by atoms with van der Waals surface area (Å²) in [5.74, 6) is 0. The van der Waals surface area contributed by atoms with E-state index in [-0.39, 0.29) is 0 Å². The lowest BCUT2D eigenvalue weighted by Crippen LogP contribution is -2.54. The molecule has 0 aromatic rings. The highest BCUT2D eigenvalue weighted by molar-refractivity contribution is 4.89. The van der Waals surface area contributed by atoms with Crippen LogP contribution in [-0.4, -0.2) is 36.6 Å². The molecule has 1 aliphatic heterocycles. The van der Waals surface area contributed by atoms with E-state index in [2.05, 4.69) is 38.0 Å². The molecule has 1 heterocycles. The zero-order valence-corrected chi connectivity index (χ0v) is 10.3. The second kappa shape index (κ2) is 5.13. The van der Waals surface area contributed by atoms with Gasteiger partial charge in [0.1, 0.15) is 0 Å². The number of rotatable bonds is 4. The van der Waals surface area contributed by atoms with E-state index < -0.39 is 0 Å². The molecule has 0 aromatic heterocycles. The third-order valence-electron chi connectivity index (χ3n) is 3.65. The number of hydrogen-bond donors (Lipinski definition) is 1. The Kier molecular flexibility index (Phi) is 4.39. The molecule has 0 aromatic carbocycles. The summed E-state index contributed by atoms with van der Waals surface area (Å²) in [6.45, 7) is 9.32. The second-order valence-corrected chi connectivity index (χ2v) is 5.12. The lowest BCUT2D eigenvalue weighted by molar-refractivity contribution is 0.154. The van der Waals surface area contributed by atoms with Crippen molar-refractivity contribution in [3.63, 3.8) is 0 Å². The Hall–Kier alpha value is -0.0800. The van der Waals surface area contributed by atoms with Crippen LogP contribution in [0.5, 0.6) is 0 Å². The standard InChI is InChI=1S/C12H26N2/c1-5-11(2)14(4)10-12(3)8-6-7-9-13-12/h11,13H,5-10H2,1-4H3. The van der Waals surface area contributed by atoms with Gasteiger partial charge in [0, 0.05) is 18.1 Å². The van der Waals surface area contributed by atoms with Crippen LogP contribution in [0.25, 0.3) is 0 Å². The van der Waals surface area contributed by atoms with E-state index >= 15 is 0 Å². The predicted octanol–water partition coefficient (Wildman–Crippen LogP) is 2.25. The molecule has 2 atom stereocenters. The lowest BCUT2D eigenvalue weighted by Gasteiger charge is -2.39. The lowest BCUT2D eigenvalue weighted by atomic mass is 9.90. The highest BCUT2D eigenvalue weighted by Gasteiger charge is 2.28. The van der Waals surface area contributed by atoms with Crippen LogP contribution < -0.4 is 5.32 Å². The molecule has 0 aliphatic carbocycles. The monoisotopic (exact) mass is 198 g/mol. The number of likely N-dealkylation sites (N-methyl/N-ethyl adjacent to an activating group) is 1. The minimum Gasteiger partial charge on any atom is -0.310 e. The van der Waals surface area contributed by atoms with Crippen molar-refractivity contribution in [2.45, 2.75) is 58.0 Å². The minimum absolute atomic E-state index is 0.358. The van der Waals surface area contributed by atoms with Crippen LogP contribution in [-0.2, 0) is 0 Å². The van der Waals surface area contributed by atoms with Gasteiger partial charge in [0.05, 0.1) is 0 Å². The van der Waals surface area contributed by atoms with Crippen LogP contribution in [0.3, 0.4) is 0 Å². The molecule has 84 valence electrons. The minimum atomic E-state index is 0.358. The van der Waals surface area contributed by atoms with Gasteiger partial charge in [-0.2, -0.15) is 0 Å². The van der Waals surface area contributed by atoms with Gasteiger partial charge in [-0.15, -0.1) is 0 Å². The molecule has 0 radical (unpaired) electrons. The van der Waals surface area contributed by atoms with E-state index in [1.165, 1.54) is 38.8 Å². The molecule has 1 N–H and O–H groups in total. The fraction of sp³-hybridized carbons (Fsp3) is 1.00. The SMILES string of the molecule is CCC(C)N(C)CC1(C)CCCCN1. The topological polar surface area (TPSA) is 15.3 Å². The Morgan fingerprint density at radius 3 is 2.64 bits per heavy atom. The van der Waals surface area contributed by atoms with Gasteiger partial charge in [0.25, 0.3) is 0 Å². The molecule has 1 fully saturated rings. The number of piperidine rings is 1. The smallest absolute Gasteiger partial charge is 0.0280 e. The normalized spacial score (nSPS) is 30.6. The van der Waals surface area contributed by atoms with E-state index in [9.17, 15) is 0 Å². The fourth-order valence-electron chi connectivity index (χ4n) is 2.27. The summed E-state index contributed by atoms with van der Waals surface area (Å²) in [6.07, 6.45) is 5.31. The molecule has 1 saturated heterocycles. The van der Waals surface area contributed by atoms with E-state index in [4.69, 9.17) is 0 Å². The molecular weight excluding hydrogens is 172 g/mol. The Morgan fingerprint density at radius 2 is 2.14 bits per heavy atom. The summed E-state index contributed by atoms with van der Waals surface area (Å²) in [5.41, 5.74) is 0.358. The Bertz CT molecular complexity index is 162. The average Bonchev–Trinajstić information content (AvgIpc) is 2.17. The van der Waals surface area contributed by atoms with Crippen LogP contribution in [0.2, 0.25) is 0 Å². The van der Waals surface area contributed by atoms with Crippen LogP contribution in [0.4, 0.5) is 0 Å². The molecule has 0 amide bonds. The number of nitrogens with zero attached hydrogens (tertiary/aromatic N) is 1.